The van der Waals surface area contributed by atoms with E-state index < -0.39 is 5.82 Å². The largest absolute Gasteiger partial charge is 0.489 e. The quantitative estimate of drug-likeness (QED) is 0.604. The number of nitrogens with zero attached hydrogens (tertiary/aromatic N) is 3. The molecule has 7 heteroatoms. The Labute approximate surface area is 169 Å². The Morgan fingerprint density at radius 3 is 2.72 bits per heavy atom. The number of rotatable bonds is 9. The number of likely N-dealkylation sites (N-methyl/N-ethyl adjacent to an activating group) is 1. The zero-order valence-corrected chi connectivity index (χ0v) is 16.4. The second-order valence-corrected chi connectivity index (χ2v) is 6.64. The van der Waals surface area contributed by atoms with Crippen LogP contribution in [0.2, 0.25) is 0 Å². The van der Waals surface area contributed by atoms with Crippen LogP contribution in [0.3, 0.4) is 0 Å². The summed E-state index contributed by atoms with van der Waals surface area (Å²) in [5, 5.41) is 2.88. The molecule has 2 aromatic carbocycles. The maximum Gasteiger partial charge on any atom is 0.317 e. The highest BCUT2D eigenvalue weighted by molar-refractivity contribution is 5.73. The van der Waals surface area contributed by atoms with Gasteiger partial charge in [-0.05, 0) is 17.7 Å². The number of amides is 2. The number of benzene rings is 2. The molecule has 29 heavy (non-hydrogen) atoms. The molecular weight excluding hydrogens is 371 g/mol. The molecular formula is C22H25FN4O2. The molecule has 0 saturated carbocycles. The molecule has 0 spiro atoms. The van der Waals surface area contributed by atoms with Crippen LogP contribution in [0.5, 0.6) is 5.75 Å². The Morgan fingerprint density at radius 1 is 1.17 bits per heavy atom. The van der Waals surface area contributed by atoms with Crippen molar-refractivity contribution in [1.29, 1.82) is 0 Å². The van der Waals surface area contributed by atoms with Gasteiger partial charge in [0.25, 0.3) is 0 Å². The first-order valence-electron chi connectivity index (χ1n) is 9.53. The molecule has 0 radical (unpaired) electrons. The van der Waals surface area contributed by atoms with E-state index in [1.54, 1.807) is 31.4 Å². The van der Waals surface area contributed by atoms with E-state index in [1.165, 1.54) is 16.5 Å². The van der Waals surface area contributed by atoms with Gasteiger partial charge in [-0.15, -0.1) is 0 Å². The van der Waals surface area contributed by atoms with Gasteiger partial charge in [-0.2, -0.15) is 0 Å². The summed E-state index contributed by atoms with van der Waals surface area (Å²) in [4.78, 5) is 18.1. The van der Waals surface area contributed by atoms with E-state index in [0.717, 1.165) is 12.4 Å². The molecule has 3 rings (SSSR count). The van der Waals surface area contributed by atoms with Crippen molar-refractivity contribution in [2.45, 2.75) is 13.0 Å². The highest BCUT2D eigenvalue weighted by Crippen LogP contribution is 2.15. The number of imidazole rings is 1. The van der Waals surface area contributed by atoms with Gasteiger partial charge in [0.15, 0.2) is 11.6 Å². The molecule has 1 N–H and O–H groups in total. The Hall–Kier alpha value is -3.35. The minimum atomic E-state index is -0.411. The van der Waals surface area contributed by atoms with Crippen LogP contribution in [0.4, 0.5) is 9.18 Å². The van der Waals surface area contributed by atoms with E-state index >= 15 is 0 Å². The third kappa shape index (κ3) is 6.07. The summed E-state index contributed by atoms with van der Waals surface area (Å²) in [6.07, 6.45) is 4.34. The number of urea groups is 1. The van der Waals surface area contributed by atoms with Crippen molar-refractivity contribution in [1.82, 2.24) is 19.8 Å². The first-order chi connectivity index (χ1) is 14.1. The molecule has 2 amide bonds. The summed E-state index contributed by atoms with van der Waals surface area (Å²) in [5.74, 6) is 0.692. The van der Waals surface area contributed by atoms with Crippen molar-refractivity contribution < 1.29 is 13.9 Å². The van der Waals surface area contributed by atoms with Gasteiger partial charge in [-0.1, -0.05) is 42.5 Å². The maximum absolute atomic E-state index is 13.5. The van der Waals surface area contributed by atoms with Crippen LogP contribution >= 0.6 is 0 Å². The zero-order valence-electron chi connectivity index (χ0n) is 16.4. The van der Waals surface area contributed by atoms with Crippen molar-refractivity contribution in [3.63, 3.8) is 0 Å². The number of carbonyl (C=O) groups excluding carboxylic acids is 1. The van der Waals surface area contributed by atoms with Gasteiger partial charge in [0.1, 0.15) is 12.4 Å². The van der Waals surface area contributed by atoms with Crippen LogP contribution in [0, 0.1) is 5.82 Å². The van der Waals surface area contributed by atoms with E-state index in [1.807, 2.05) is 24.4 Å². The number of carbonyl (C=O) groups is 1. The van der Waals surface area contributed by atoms with Crippen molar-refractivity contribution >= 4 is 6.03 Å². The maximum atomic E-state index is 13.5. The molecule has 152 valence electrons. The van der Waals surface area contributed by atoms with Crippen molar-refractivity contribution in [2.24, 2.45) is 0 Å². The molecule has 3 aromatic rings. The number of ether oxygens (including phenoxy) is 1. The smallest absolute Gasteiger partial charge is 0.317 e. The molecule has 6 nitrogen and oxygen atoms in total. The monoisotopic (exact) mass is 396 g/mol. The number of nitrogens with one attached hydrogen (secondary N) is 1. The van der Waals surface area contributed by atoms with E-state index in [2.05, 4.69) is 27.0 Å². The molecule has 0 bridgehead atoms. The Balaban J connectivity index is 1.39. The Kier molecular flexibility index (Phi) is 7.22. The molecule has 1 aromatic heterocycles. The molecule has 0 atom stereocenters. The third-order valence-corrected chi connectivity index (χ3v) is 4.49. The SMILES string of the molecule is CN(CCOc1ccccc1F)C(=O)NCCc1nccn1Cc1ccccc1. The Bertz CT molecular complexity index is 914. The van der Waals surface area contributed by atoms with Gasteiger partial charge < -0.3 is 19.5 Å². The lowest BCUT2D eigenvalue weighted by molar-refractivity contribution is 0.194. The lowest BCUT2D eigenvalue weighted by atomic mass is 10.2. The van der Waals surface area contributed by atoms with Crippen LogP contribution in [-0.2, 0) is 13.0 Å². The van der Waals surface area contributed by atoms with Crippen molar-refractivity contribution in [3.8, 4) is 5.75 Å². The number of hydrogen-bond acceptors (Lipinski definition) is 3. The van der Waals surface area contributed by atoms with Crippen molar-refractivity contribution in [3.05, 3.63) is 84.2 Å². The van der Waals surface area contributed by atoms with Gasteiger partial charge in [0.2, 0.25) is 0 Å². The minimum absolute atomic E-state index is 0.187. The molecule has 0 saturated heterocycles. The van der Waals surface area contributed by atoms with Crippen molar-refractivity contribution in [2.75, 3.05) is 26.7 Å². The summed E-state index contributed by atoms with van der Waals surface area (Å²) in [7, 11) is 1.68. The predicted octanol–water partition coefficient (Wildman–Crippen LogP) is 3.33. The van der Waals surface area contributed by atoms with E-state index in [9.17, 15) is 9.18 Å². The van der Waals surface area contributed by atoms with E-state index in [0.29, 0.717) is 19.5 Å². The molecule has 0 aliphatic heterocycles. The van der Waals surface area contributed by atoms with Gasteiger partial charge >= 0.3 is 6.03 Å². The number of aromatic nitrogens is 2. The van der Waals surface area contributed by atoms with Gasteiger partial charge in [0.05, 0.1) is 6.54 Å². The van der Waals surface area contributed by atoms with Crippen LogP contribution < -0.4 is 10.1 Å². The van der Waals surface area contributed by atoms with Crippen LogP contribution in [0.1, 0.15) is 11.4 Å². The molecule has 0 aliphatic carbocycles. The van der Waals surface area contributed by atoms with Gasteiger partial charge in [0, 0.05) is 39.0 Å². The second-order valence-electron chi connectivity index (χ2n) is 6.64. The standard InChI is InChI=1S/C22H25FN4O2/c1-26(15-16-29-20-10-6-5-9-19(20)23)22(28)25-12-11-21-24-13-14-27(21)17-18-7-3-2-4-8-18/h2-10,13-14H,11-12,15-17H2,1H3,(H,25,28). The topological polar surface area (TPSA) is 59.4 Å². The predicted molar refractivity (Wildman–Crippen MR) is 109 cm³/mol. The lowest BCUT2D eigenvalue weighted by Gasteiger charge is -2.18. The highest BCUT2D eigenvalue weighted by atomic mass is 19.1. The molecule has 1 heterocycles. The first kappa shape index (κ1) is 20.4. The van der Waals surface area contributed by atoms with Gasteiger partial charge in [-0.25, -0.2) is 14.2 Å². The zero-order chi connectivity index (χ0) is 20.5. The first-order valence-corrected chi connectivity index (χ1v) is 9.53. The summed E-state index contributed by atoms with van der Waals surface area (Å²) in [6, 6.07) is 16.2. The molecule has 0 fully saturated rings. The van der Waals surface area contributed by atoms with Crippen LogP contribution in [0.25, 0.3) is 0 Å². The Morgan fingerprint density at radius 2 is 1.93 bits per heavy atom. The normalized spacial score (nSPS) is 10.6. The fraction of sp³-hybridized carbons (Fsp3) is 0.273. The minimum Gasteiger partial charge on any atom is -0.489 e. The third-order valence-electron chi connectivity index (χ3n) is 4.49. The van der Waals surface area contributed by atoms with Gasteiger partial charge in [-0.3, -0.25) is 0 Å². The van der Waals surface area contributed by atoms with Crippen LogP contribution in [0.15, 0.2) is 67.0 Å². The number of para-hydroxylation sites is 1. The summed E-state index contributed by atoms with van der Waals surface area (Å²) < 4.78 is 21.0. The second kappa shape index (κ2) is 10.3. The lowest BCUT2D eigenvalue weighted by Crippen LogP contribution is -2.40. The molecule has 0 unspecified atom stereocenters. The number of halogens is 1. The summed E-state index contributed by atoms with van der Waals surface area (Å²) in [6.45, 7) is 1.79. The molecule has 0 aliphatic rings. The van der Waals surface area contributed by atoms with Crippen LogP contribution in [-0.4, -0.2) is 47.2 Å². The fourth-order valence-electron chi connectivity index (χ4n) is 2.86. The number of hydrogen-bond donors (Lipinski definition) is 1. The summed E-state index contributed by atoms with van der Waals surface area (Å²) >= 11 is 0. The van der Waals surface area contributed by atoms with E-state index in [4.69, 9.17) is 4.74 Å². The average molecular weight is 396 g/mol. The highest BCUT2D eigenvalue weighted by Gasteiger charge is 2.10. The van der Waals surface area contributed by atoms with E-state index in [-0.39, 0.29) is 18.4 Å². The fourth-order valence-corrected chi connectivity index (χ4v) is 2.86. The summed E-state index contributed by atoms with van der Waals surface area (Å²) in [5.41, 5.74) is 1.20. The average Bonchev–Trinajstić information content (AvgIpc) is 3.17.